The van der Waals surface area contributed by atoms with Gasteiger partial charge in [-0.1, -0.05) is 12.1 Å². The van der Waals surface area contributed by atoms with Crippen LogP contribution in [0.4, 0.5) is 0 Å². The lowest BCUT2D eigenvalue weighted by atomic mass is 10.1. The number of aromatic nitrogens is 1. The fourth-order valence-electron chi connectivity index (χ4n) is 2.33. The Kier molecular flexibility index (Phi) is 4.09. The highest BCUT2D eigenvalue weighted by Gasteiger charge is 2.11. The topological polar surface area (TPSA) is 45.2 Å². The van der Waals surface area contributed by atoms with Crippen molar-refractivity contribution < 1.29 is 4.79 Å². The highest BCUT2D eigenvalue weighted by molar-refractivity contribution is 7.20. The lowest BCUT2D eigenvalue weighted by Gasteiger charge is -2.09. The number of likely N-dealkylation sites (N-methyl/N-ethyl adjacent to an activating group) is 1. The molecule has 2 heterocycles. The molecule has 5 heteroatoms. The van der Waals surface area contributed by atoms with Crippen LogP contribution in [0.3, 0.4) is 0 Å². The van der Waals surface area contributed by atoms with Gasteiger partial charge in [0.2, 0.25) is 0 Å². The number of fused-ring (bicyclic) bond motifs is 2. The molecule has 1 N–H and O–H groups in total. The minimum Gasteiger partial charge on any atom is -0.350 e. The highest BCUT2D eigenvalue weighted by Crippen LogP contribution is 2.27. The molecule has 4 nitrogen and oxygen atoms in total. The predicted molar refractivity (Wildman–Crippen MR) is 92.8 cm³/mol. The third-order valence-corrected chi connectivity index (χ3v) is 4.57. The van der Waals surface area contributed by atoms with Crippen LogP contribution in [0.15, 0.2) is 30.3 Å². The highest BCUT2D eigenvalue weighted by atomic mass is 32.1. The summed E-state index contributed by atoms with van der Waals surface area (Å²) in [7, 11) is 3.98. The van der Waals surface area contributed by atoms with E-state index in [9.17, 15) is 4.79 Å². The maximum Gasteiger partial charge on any atom is 0.261 e. The van der Waals surface area contributed by atoms with Crippen molar-refractivity contribution in [2.75, 3.05) is 27.2 Å². The van der Waals surface area contributed by atoms with E-state index in [0.717, 1.165) is 27.7 Å². The first-order valence-corrected chi connectivity index (χ1v) is 8.08. The summed E-state index contributed by atoms with van der Waals surface area (Å²) >= 11 is 1.45. The minimum atomic E-state index is -0.0231. The van der Waals surface area contributed by atoms with E-state index in [2.05, 4.69) is 41.5 Å². The maximum atomic E-state index is 12.2. The number of carbonyl (C=O) groups is 1. The summed E-state index contributed by atoms with van der Waals surface area (Å²) < 4.78 is 0. The molecule has 1 amide bonds. The molecule has 0 aliphatic rings. The lowest BCUT2D eigenvalue weighted by Crippen LogP contribution is -2.30. The minimum absolute atomic E-state index is 0.0231. The Hall–Kier alpha value is -1.98. The smallest absolute Gasteiger partial charge is 0.261 e. The second-order valence-corrected chi connectivity index (χ2v) is 6.78. The Bertz CT molecular complexity index is 838. The van der Waals surface area contributed by atoms with E-state index >= 15 is 0 Å². The van der Waals surface area contributed by atoms with Crippen LogP contribution in [0.5, 0.6) is 0 Å². The molecule has 0 spiro atoms. The molecule has 0 unspecified atom stereocenters. The number of amides is 1. The van der Waals surface area contributed by atoms with Crippen LogP contribution >= 0.6 is 11.3 Å². The van der Waals surface area contributed by atoms with E-state index in [-0.39, 0.29) is 5.91 Å². The lowest BCUT2D eigenvalue weighted by molar-refractivity contribution is 0.0955. The Morgan fingerprint density at radius 1 is 1.23 bits per heavy atom. The van der Waals surface area contributed by atoms with Crippen molar-refractivity contribution in [3.8, 4) is 0 Å². The molecule has 3 aromatic rings. The molecule has 22 heavy (non-hydrogen) atoms. The molecule has 114 valence electrons. The molecule has 0 saturated carbocycles. The number of aryl methyl sites for hydroxylation is 1. The van der Waals surface area contributed by atoms with Crippen molar-refractivity contribution in [2.45, 2.75) is 6.92 Å². The average molecular weight is 313 g/mol. The number of rotatable bonds is 4. The first-order valence-electron chi connectivity index (χ1n) is 7.27. The second kappa shape index (κ2) is 6.02. The van der Waals surface area contributed by atoms with E-state index in [0.29, 0.717) is 11.4 Å². The fraction of sp³-hybridized carbons (Fsp3) is 0.294. The first kappa shape index (κ1) is 14.9. The van der Waals surface area contributed by atoms with Gasteiger partial charge in [0.15, 0.2) is 0 Å². The van der Waals surface area contributed by atoms with Gasteiger partial charge in [-0.2, -0.15) is 0 Å². The second-order valence-electron chi connectivity index (χ2n) is 5.75. The standard InChI is InChI=1S/C17H19N3OS/c1-11-4-5-12-9-13-10-15(16(21)18-6-7-20(2)3)22-17(13)19-14(12)8-11/h4-5,8-10H,6-7H2,1-3H3,(H,18,21). The molecule has 3 rings (SSSR count). The Balaban J connectivity index is 1.88. The van der Waals surface area contributed by atoms with Gasteiger partial charge in [0.05, 0.1) is 10.4 Å². The summed E-state index contributed by atoms with van der Waals surface area (Å²) in [6.07, 6.45) is 0. The van der Waals surface area contributed by atoms with Crippen molar-refractivity contribution >= 4 is 38.4 Å². The van der Waals surface area contributed by atoms with Gasteiger partial charge in [-0.3, -0.25) is 4.79 Å². The molecule has 0 aliphatic heterocycles. The van der Waals surface area contributed by atoms with Crippen molar-refractivity contribution in [2.24, 2.45) is 0 Å². The van der Waals surface area contributed by atoms with Gasteiger partial charge < -0.3 is 10.2 Å². The van der Waals surface area contributed by atoms with Gasteiger partial charge in [-0.15, -0.1) is 11.3 Å². The molecule has 0 radical (unpaired) electrons. The van der Waals surface area contributed by atoms with Crippen LogP contribution in [0.2, 0.25) is 0 Å². The predicted octanol–water partition coefficient (Wildman–Crippen LogP) is 3.05. The van der Waals surface area contributed by atoms with E-state index in [1.165, 1.54) is 16.9 Å². The summed E-state index contributed by atoms with van der Waals surface area (Å²) in [5.41, 5.74) is 2.17. The van der Waals surface area contributed by atoms with Gasteiger partial charge in [-0.05, 0) is 44.8 Å². The zero-order valence-electron chi connectivity index (χ0n) is 13.0. The van der Waals surface area contributed by atoms with Crippen molar-refractivity contribution in [3.63, 3.8) is 0 Å². The van der Waals surface area contributed by atoms with Crippen molar-refractivity contribution in [1.82, 2.24) is 15.2 Å². The molecule has 0 atom stereocenters. The third kappa shape index (κ3) is 3.10. The molecule has 1 aromatic carbocycles. The molecule has 2 aromatic heterocycles. The van der Waals surface area contributed by atoms with Gasteiger partial charge in [-0.25, -0.2) is 4.98 Å². The van der Waals surface area contributed by atoms with Crippen molar-refractivity contribution in [1.29, 1.82) is 0 Å². The summed E-state index contributed by atoms with van der Waals surface area (Å²) in [4.78, 5) is 20.5. The Morgan fingerprint density at radius 3 is 2.82 bits per heavy atom. The largest absolute Gasteiger partial charge is 0.350 e. The van der Waals surface area contributed by atoms with Crippen LogP contribution in [-0.2, 0) is 0 Å². The van der Waals surface area contributed by atoms with Gasteiger partial charge in [0.1, 0.15) is 4.83 Å². The number of benzene rings is 1. The van der Waals surface area contributed by atoms with Crippen LogP contribution < -0.4 is 5.32 Å². The van der Waals surface area contributed by atoms with Crippen LogP contribution in [0, 0.1) is 6.92 Å². The van der Waals surface area contributed by atoms with Crippen LogP contribution in [-0.4, -0.2) is 43.0 Å². The molecule has 0 bridgehead atoms. The summed E-state index contributed by atoms with van der Waals surface area (Å²) in [5, 5.41) is 5.08. The molecule has 0 saturated heterocycles. The summed E-state index contributed by atoms with van der Waals surface area (Å²) in [6.45, 7) is 3.54. The molecule has 0 fully saturated rings. The quantitative estimate of drug-likeness (QED) is 0.805. The van der Waals surface area contributed by atoms with E-state index in [1.807, 2.05) is 25.1 Å². The van der Waals surface area contributed by atoms with Crippen LogP contribution in [0.25, 0.3) is 21.1 Å². The number of hydrogen-bond donors (Lipinski definition) is 1. The first-order chi connectivity index (χ1) is 10.5. The normalized spacial score (nSPS) is 11.5. The summed E-state index contributed by atoms with van der Waals surface area (Å²) in [6, 6.07) is 10.3. The third-order valence-electron chi connectivity index (χ3n) is 3.53. The molecular formula is C17H19N3OS. The number of thiophene rings is 1. The van der Waals surface area contributed by atoms with E-state index in [4.69, 9.17) is 0 Å². The summed E-state index contributed by atoms with van der Waals surface area (Å²) in [5.74, 6) is -0.0231. The van der Waals surface area contributed by atoms with Gasteiger partial charge in [0.25, 0.3) is 5.91 Å². The monoisotopic (exact) mass is 313 g/mol. The van der Waals surface area contributed by atoms with Gasteiger partial charge >= 0.3 is 0 Å². The zero-order chi connectivity index (χ0) is 15.7. The van der Waals surface area contributed by atoms with E-state index in [1.54, 1.807) is 0 Å². The van der Waals surface area contributed by atoms with Crippen LogP contribution in [0.1, 0.15) is 15.2 Å². The number of hydrogen-bond acceptors (Lipinski definition) is 4. The SMILES string of the molecule is Cc1ccc2cc3cc(C(=O)NCCN(C)C)sc3nc2c1. The fourth-order valence-corrected chi connectivity index (χ4v) is 3.27. The molecule has 0 aliphatic carbocycles. The zero-order valence-corrected chi connectivity index (χ0v) is 13.8. The Morgan fingerprint density at radius 2 is 2.05 bits per heavy atom. The molecular weight excluding hydrogens is 294 g/mol. The van der Waals surface area contributed by atoms with Gasteiger partial charge in [0, 0.05) is 23.9 Å². The number of nitrogens with zero attached hydrogens (tertiary/aromatic N) is 2. The average Bonchev–Trinajstić information content (AvgIpc) is 2.87. The number of pyridine rings is 1. The number of nitrogens with one attached hydrogen (secondary N) is 1. The van der Waals surface area contributed by atoms with Crippen molar-refractivity contribution in [3.05, 3.63) is 40.8 Å². The Labute approximate surface area is 133 Å². The van der Waals surface area contributed by atoms with E-state index < -0.39 is 0 Å². The maximum absolute atomic E-state index is 12.2. The number of carbonyl (C=O) groups excluding carboxylic acids is 1.